The number of para-hydroxylation sites is 1. The van der Waals surface area contributed by atoms with E-state index < -0.39 is 21.3 Å². The maximum atomic E-state index is 11.9. The van der Waals surface area contributed by atoms with Crippen molar-refractivity contribution in [2.24, 2.45) is 16.7 Å². The third-order valence-electron chi connectivity index (χ3n) is 6.73. The van der Waals surface area contributed by atoms with Gasteiger partial charge in [-0.1, -0.05) is 51.5 Å². The molecule has 1 aromatic carbocycles. The van der Waals surface area contributed by atoms with Gasteiger partial charge in [0.25, 0.3) is 10.1 Å². The van der Waals surface area contributed by atoms with Crippen molar-refractivity contribution < 1.29 is 17.8 Å². The molecule has 2 aromatic rings. The molecule has 6 heteroatoms. The van der Waals surface area contributed by atoms with Crippen molar-refractivity contribution in [1.29, 1.82) is 0 Å². The number of fused-ring (bicyclic) bond motifs is 3. The maximum Gasteiger partial charge on any atom is 0.265 e. The van der Waals surface area contributed by atoms with Gasteiger partial charge in [0.1, 0.15) is 5.78 Å². The van der Waals surface area contributed by atoms with Gasteiger partial charge in [0.15, 0.2) is 0 Å². The van der Waals surface area contributed by atoms with Crippen LogP contribution in [0.25, 0.3) is 10.9 Å². The number of pyridine rings is 1. The van der Waals surface area contributed by atoms with Crippen LogP contribution in [0.5, 0.6) is 0 Å². The molecule has 28 heavy (non-hydrogen) atoms. The Morgan fingerprint density at radius 3 is 2.46 bits per heavy atom. The Labute approximate surface area is 167 Å². The molecule has 2 aliphatic rings. The second-order valence-electron chi connectivity index (χ2n) is 8.64. The highest BCUT2D eigenvalue weighted by atomic mass is 32.2. The number of aromatic nitrogens is 1. The quantitative estimate of drug-likeness (QED) is 0.762. The first-order valence-corrected chi connectivity index (χ1v) is 11.5. The smallest absolute Gasteiger partial charge is 0.265 e. The van der Waals surface area contributed by atoms with Gasteiger partial charge < -0.3 is 0 Å². The van der Waals surface area contributed by atoms with Crippen LogP contribution in [0.15, 0.2) is 36.4 Å². The molecule has 5 nitrogen and oxygen atoms in total. The summed E-state index contributed by atoms with van der Waals surface area (Å²) in [5, 5.41) is 1.22. The van der Waals surface area contributed by atoms with Gasteiger partial charge in [-0.25, -0.2) is 0 Å². The van der Waals surface area contributed by atoms with Crippen LogP contribution in [0.3, 0.4) is 0 Å². The molecule has 1 aromatic heterocycles. The first kappa shape index (κ1) is 20.9. The Morgan fingerprint density at radius 1 is 1.18 bits per heavy atom. The van der Waals surface area contributed by atoms with Gasteiger partial charge in [0, 0.05) is 17.5 Å². The Bertz CT molecular complexity index is 983. The van der Waals surface area contributed by atoms with E-state index in [0.29, 0.717) is 12.8 Å². The zero-order valence-corrected chi connectivity index (χ0v) is 17.6. The van der Waals surface area contributed by atoms with E-state index in [-0.39, 0.29) is 17.1 Å². The molecule has 152 valence electrons. The number of carbonyl (C=O) groups excluding carboxylic acids is 1. The Kier molecular flexibility index (Phi) is 5.65. The Balaban J connectivity index is 0.000000162. The lowest BCUT2D eigenvalue weighted by atomic mass is 9.70. The molecule has 0 radical (unpaired) electrons. The van der Waals surface area contributed by atoms with Gasteiger partial charge in [0.2, 0.25) is 0 Å². The average Bonchev–Trinajstić information content (AvgIpc) is 2.95. The van der Waals surface area contributed by atoms with E-state index >= 15 is 0 Å². The minimum atomic E-state index is -4.08. The number of rotatable bonds is 4. The highest BCUT2D eigenvalue weighted by Crippen LogP contribution is 2.64. The molecule has 2 saturated carbocycles. The molecular weight excluding hydrogens is 374 g/mol. The van der Waals surface area contributed by atoms with Gasteiger partial charge in [-0.2, -0.15) is 8.42 Å². The number of Topliss-reactive ketones (excluding diaryl/α,β-unsaturated/α-hetero) is 1. The summed E-state index contributed by atoms with van der Waals surface area (Å²) in [6, 6.07) is 12.5. The molecule has 2 atom stereocenters. The molecule has 1 N–H and O–H groups in total. The average molecular weight is 404 g/mol. The topological polar surface area (TPSA) is 84.3 Å². The standard InChI is InChI=1S/C12H13N.C10H16O4S/c1-2-5-11-9-8-10-6-3-4-7-12(10)13-11;1-9(2)7-3-4-10(9,8(11)5-7)6-15(12,13)14/h3-4,6-9H,2,5H2,1H3;7H,3-6H2,1-2H3,(H,12,13,14)/t;7-,10-/m.1/s1. The van der Waals surface area contributed by atoms with E-state index in [1.807, 2.05) is 26.0 Å². The van der Waals surface area contributed by atoms with Crippen LogP contribution in [0.2, 0.25) is 0 Å². The second kappa shape index (κ2) is 7.56. The zero-order chi connectivity index (χ0) is 20.6. The number of carbonyl (C=O) groups is 1. The minimum Gasteiger partial charge on any atom is -0.299 e. The van der Waals surface area contributed by atoms with Gasteiger partial charge in [-0.05, 0) is 42.7 Å². The van der Waals surface area contributed by atoms with Crippen LogP contribution in [-0.2, 0) is 21.3 Å². The van der Waals surface area contributed by atoms with Crippen molar-refractivity contribution in [3.8, 4) is 0 Å². The number of benzene rings is 1. The lowest BCUT2D eigenvalue weighted by molar-refractivity contribution is -0.128. The molecule has 1 heterocycles. The predicted octanol–water partition coefficient (Wildman–Crippen LogP) is 4.46. The summed E-state index contributed by atoms with van der Waals surface area (Å²) >= 11 is 0. The molecular formula is C22H29NO4S. The molecule has 0 aliphatic heterocycles. The molecule has 0 unspecified atom stereocenters. The normalized spacial score (nSPS) is 25.6. The molecule has 0 saturated heterocycles. The summed E-state index contributed by atoms with van der Waals surface area (Å²) in [6.07, 6.45) is 4.20. The minimum absolute atomic E-state index is 0.0152. The predicted molar refractivity (Wildman–Crippen MR) is 111 cm³/mol. The van der Waals surface area contributed by atoms with Crippen molar-refractivity contribution >= 4 is 26.8 Å². The third-order valence-corrected chi connectivity index (χ3v) is 7.59. The van der Waals surface area contributed by atoms with E-state index in [0.717, 1.165) is 24.8 Å². The SMILES string of the molecule is CC1(C)[C@@H]2CC[C@@]1(CS(=O)(=O)O)C(=O)C2.CCCc1ccc2ccccc2n1. The van der Waals surface area contributed by atoms with Gasteiger partial charge in [-0.3, -0.25) is 14.3 Å². The van der Waals surface area contributed by atoms with Crippen molar-refractivity contribution in [3.63, 3.8) is 0 Å². The third kappa shape index (κ3) is 3.85. The van der Waals surface area contributed by atoms with E-state index in [1.54, 1.807) is 0 Å². The van der Waals surface area contributed by atoms with Gasteiger partial charge in [0.05, 0.1) is 16.7 Å². The van der Waals surface area contributed by atoms with E-state index in [4.69, 9.17) is 4.55 Å². The maximum absolute atomic E-state index is 11.9. The number of aryl methyl sites for hydroxylation is 1. The van der Waals surface area contributed by atoms with Crippen LogP contribution in [0, 0.1) is 16.7 Å². The number of ketones is 1. The first-order chi connectivity index (χ1) is 13.1. The fourth-order valence-electron chi connectivity index (χ4n) is 4.92. The van der Waals surface area contributed by atoms with E-state index in [1.165, 1.54) is 11.1 Å². The molecule has 4 rings (SSSR count). The van der Waals surface area contributed by atoms with Crippen molar-refractivity contribution in [2.75, 3.05) is 5.75 Å². The second-order valence-corrected chi connectivity index (χ2v) is 10.1. The lowest BCUT2D eigenvalue weighted by Gasteiger charge is -2.35. The molecule has 0 amide bonds. The first-order valence-electron chi connectivity index (χ1n) is 9.92. The largest absolute Gasteiger partial charge is 0.299 e. The van der Waals surface area contributed by atoms with Crippen molar-refractivity contribution in [1.82, 2.24) is 4.98 Å². The summed E-state index contributed by atoms with van der Waals surface area (Å²) in [5.41, 5.74) is 1.18. The summed E-state index contributed by atoms with van der Waals surface area (Å²) in [5.74, 6) is -0.101. The van der Waals surface area contributed by atoms with Gasteiger partial charge in [-0.15, -0.1) is 0 Å². The van der Waals surface area contributed by atoms with Crippen LogP contribution in [0.4, 0.5) is 0 Å². The number of hydrogen-bond acceptors (Lipinski definition) is 4. The molecule has 2 bridgehead atoms. The number of hydrogen-bond donors (Lipinski definition) is 1. The fraction of sp³-hybridized carbons (Fsp3) is 0.545. The number of nitrogens with zero attached hydrogens (tertiary/aromatic N) is 1. The van der Waals surface area contributed by atoms with Crippen LogP contribution < -0.4 is 0 Å². The highest BCUT2D eigenvalue weighted by molar-refractivity contribution is 7.85. The van der Waals surface area contributed by atoms with Crippen molar-refractivity contribution in [3.05, 3.63) is 42.1 Å². The van der Waals surface area contributed by atoms with E-state index in [9.17, 15) is 13.2 Å². The van der Waals surface area contributed by atoms with E-state index in [2.05, 4.69) is 36.2 Å². The lowest BCUT2D eigenvalue weighted by Crippen LogP contribution is -2.42. The summed E-state index contributed by atoms with van der Waals surface area (Å²) in [6.45, 7) is 6.07. The fourth-order valence-corrected chi connectivity index (χ4v) is 6.22. The summed E-state index contributed by atoms with van der Waals surface area (Å²) < 4.78 is 31.0. The Hall–Kier alpha value is -1.79. The van der Waals surface area contributed by atoms with Crippen LogP contribution >= 0.6 is 0 Å². The van der Waals surface area contributed by atoms with Crippen molar-refractivity contribution in [2.45, 2.75) is 52.9 Å². The molecule has 0 spiro atoms. The zero-order valence-electron chi connectivity index (χ0n) is 16.8. The Morgan fingerprint density at radius 2 is 1.89 bits per heavy atom. The highest BCUT2D eigenvalue weighted by Gasteiger charge is 2.65. The van der Waals surface area contributed by atoms with Crippen LogP contribution in [0.1, 0.15) is 52.1 Å². The van der Waals surface area contributed by atoms with Gasteiger partial charge >= 0.3 is 0 Å². The monoisotopic (exact) mass is 403 g/mol. The summed E-state index contributed by atoms with van der Waals surface area (Å²) in [7, 11) is -4.08. The molecule has 2 fully saturated rings. The van der Waals surface area contributed by atoms with Crippen LogP contribution in [-0.4, -0.2) is 29.5 Å². The molecule has 2 aliphatic carbocycles. The summed E-state index contributed by atoms with van der Waals surface area (Å²) in [4.78, 5) is 16.4.